The normalized spacial score (nSPS) is 26.1. The molecule has 0 aromatic carbocycles. The van der Waals surface area contributed by atoms with E-state index in [-0.39, 0.29) is 0 Å². The van der Waals surface area contributed by atoms with Gasteiger partial charge >= 0.3 is 0 Å². The average Bonchev–Trinajstić information content (AvgIpc) is 2.38. The summed E-state index contributed by atoms with van der Waals surface area (Å²) in [6.07, 6.45) is 9.59. The lowest BCUT2D eigenvalue weighted by atomic mass is 9.78. The summed E-state index contributed by atoms with van der Waals surface area (Å²) in [6, 6.07) is 1.24. The van der Waals surface area contributed by atoms with Crippen molar-refractivity contribution < 1.29 is 0 Å². The summed E-state index contributed by atoms with van der Waals surface area (Å²) in [5.74, 6) is 1.73. The van der Waals surface area contributed by atoms with Gasteiger partial charge in [-0.1, -0.05) is 39.5 Å². The van der Waals surface area contributed by atoms with E-state index in [0.717, 1.165) is 18.4 Å². The Morgan fingerprint density at radius 1 is 1.21 bits per heavy atom. The Balaban J connectivity index is 2.60. The van der Waals surface area contributed by atoms with Gasteiger partial charge in [-0.15, -0.1) is 0 Å². The lowest BCUT2D eigenvalue weighted by molar-refractivity contribution is 0.0799. The number of nitrogens with two attached hydrogens (primary N) is 1. The van der Waals surface area contributed by atoms with Gasteiger partial charge in [-0.05, 0) is 51.5 Å². The highest BCUT2D eigenvalue weighted by Gasteiger charge is 2.30. The van der Waals surface area contributed by atoms with Crippen LogP contribution in [0.3, 0.4) is 0 Å². The van der Waals surface area contributed by atoms with Gasteiger partial charge in [-0.2, -0.15) is 0 Å². The number of nitrogens with zero attached hydrogens (tertiary/aromatic N) is 1. The van der Waals surface area contributed by atoms with E-state index in [0.29, 0.717) is 12.1 Å². The van der Waals surface area contributed by atoms with Crippen LogP contribution in [0.4, 0.5) is 0 Å². The van der Waals surface area contributed by atoms with Crippen LogP contribution >= 0.6 is 0 Å². The van der Waals surface area contributed by atoms with Gasteiger partial charge in [0.2, 0.25) is 0 Å². The van der Waals surface area contributed by atoms with E-state index in [1.807, 2.05) is 0 Å². The fourth-order valence-corrected chi connectivity index (χ4v) is 3.78. The highest BCUT2D eigenvalue weighted by atomic mass is 15.2. The lowest BCUT2D eigenvalue weighted by Crippen LogP contribution is -2.50. The number of rotatable bonds is 8. The van der Waals surface area contributed by atoms with Crippen molar-refractivity contribution in [3.8, 4) is 0 Å². The molecule has 0 amide bonds. The maximum atomic E-state index is 6.15. The minimum Gasteiger partial charge on any atom is -0.329 e. The van der Waals surface area contributed by atoms with Gasteiger partial charge in [0.25, 0.3) is 0 Å². The zero-order valence-electron chi connectivity index (χ0n) is 13.7. The highest BCUT2D eigenvalue weighted by molar-refractivity contribution is 4.85. The minimum absolute atomic E-state index is 0.611. The first-order valence-electron chi connectivity index (χ1n) is 8.55. The zero-order chi connectivity index (χ0) is 14.3. The fourth-order valence-electron chi connectivity index (χ4n) is 3.78. The Hall–Kier alpha value is -0.0800. The molecule has 2 heteroatoms. The van der Waals surface area contributed by atoms with Gasteiger partial charge in [-0.25, -0.2) is 0 Å². The van der Waals surface area contributed by atoms with E-state index in [2.05, 4.69) is 32.6 Å². The van der Waals surface area contributed by atoms with Crippen molar-refractivity contribution in [2.24, 2.45) is 17.6 Å². The highest BCUT2D eigenvalue weighted by Crippen LogP contribution is 2.33. The fraction of sp³-hybridized carbons (Fsp3) is 1.00. The molecule has 0 spiro atoms. The maximum absolute atomic E-state index is 6.15. The van der Waals surface area contributed by atoms with Crippen LogP contribution < -0.4 is 5.73 Å². The predicted octanol–water partition coefficient (Wildman–Crippen LogP) is 4.04. The van der Waals surface area contributed by atoms with Crippen molar-refractivity contribution in [2.75, 3.05) is 13.1 Å². The van der Waals surface area contributed by atoms with E-state index in [9.17, 15) is 0 Å². The summed E-state index contributed by atoms with van der Waals surface area (Å²) in [7, 11) is 0. The van der Waals surface area contributed by atoms with E-state index >= 15 is 0 Å². The Bertz CT molecular complexity index is 227. The van der Waals surface area contributed by atoms with Gasteiger partial charge < -0.3 is 5.73 Å². The first-order valence-corrected chi connectivity index (χ1v) is 8.55. The quantitative estimate of drug-likeness (QED) is 0.673. The van der Waals surface area contributed by atoms with Crippen LogP contribution in [0.2, 0.25) is 0 Å². The summed E-state index contributed by atoms with van der Waals surface area (Å²) in [5, 5.41) is 0. The Morgan fingerprint density at radius 2 is 1.95 bits per heavy atom. The Morgan fingerprint density at radius 3 is 2.47 bits per heavy atom. The number of hydrogen-bond acceptors (Lipinski definition) is 2. The van der Waals surface area contributed by atoms with Crippen LogP contribution in [0.1, 0.15) is 72.6 Å². The number of hydrogen-bond donors (Lipinski definition) is 1. The molecule has 1 fully saturated rings. The zero-order valence-corrected chi connectivity index (χ0v) is 13.7. The van der Waals surface area contributed by atoms with Crippen LogP contribution in [0, 0.1) is 11.8 Å². The predicted molar refractivity (Wildman–Crippen MR) is 85.3 cm³/mol. The minimum atomic E-state index is 0.611. The van der Waals surface area contributed by atoms with E-state index in [4.69, 9.17) is 5.73 Å². The third-order valence-corrected chi connectivity index (χ3v) is 4.87. The third-order valence-electron chi connectivity index (χ3n) is 4.87. The van der Waals surface area contributed by atoms with Crippen molar-refractivity contribution in [1.82, 2.24) is 4.90 Å². The summed E-state index contributed by atoms with van der Waals surface area (Å²) < 4.78 is 0. The molecule has 0 radical (unpaired) electrons. The van der Waals surface area contributed by atoms with Crippen LogP contribution in [0.15, 0.2) is 0 Å². The molecule has 0 aromatic heterocycles. The molecule has 2 N–H and O–H groups in total. The molecule has 0 heterocycles. The molecule has 1 rings (SSSR count). The second kappa shape index (κ2) is 8.97. The van der Waals surface area contributed by atoms with Gasteiger partial charge in [-0.3, -0.25) is 4.90 Å². The first-order chi connectivity index (χ1) is 9.10. The van der Waals surface area contributed by atoms with Crippen molar-refractivity contribution in [3.05, 3.63) is 0 Å². The Kier molecular flexibility index (Phi) is 8.01. The molecule has 0 saturated heterocycles. The van der Waals surface area contributed by atoms with Crippen molar-refractivity contribution in [2.45, 2.75) is 84.7 Å². The molecule has 2 nitrogen and oxygen atoms in total. The van der Waals surface area contributed by atoms with Gasteiger partial charge in [0, 0.05) is 18.6 Å². The van der Waals surface area contributed by atoms with Gasteiger partial charge in [0.15, 0.2) is 0 Å². The summed E-state index contributed by atoms with van der Waals surface area (Å²) in [6.45, 7) is 11.4. The van der Waals surface area contributed by atoms with Crippen LogP contribution in [0.5, 0.6) is 0 Å². The molecule has 3 unspecified atom stereocenters. The standard InChI is InChI=1S/C17H36N2/c1-5-6-7-11-19(14(2)3)17(13-18)16-10-8-9-15(4)12-16/h14-17H,5-13,18H2,1-4H3. The molecular weight excluding hydrogens is 232 g/mol. The topological polar surface area (TPSA) is 29.3 Å². The lowest BCUT2D eigenvalue weighted by Gasteiger charge is -2.42. The maximum Gasteiger partial charge on any atom is 0.0249 e. The molecule has 114 valence electrons. The molecule has 3 atom stereocenters. The van der Waals surface area contributed by atoms with Crippen LogP contribution in [-0.2, 0) is 0 Å². The van der Waals surface area contributed by atoms with Crippen LogP contribution in [0.25, 0.3) is 0 Å². The van der Waals surface area contributed by atoms with Crippen molar-refractivity contribution in [3.63, 3.8) is 0 Å². The molecule has 19 heavy (non-hydrogen) atoms. The SMILES string of the molecule is CCCCCN(C(C)C)C(CN)C1CCCC(C)C1. The van der Waals surface area contributed by atoms with Crippen LogP contribution in [-0.4, -0.2) is 30.1 Å². The summed E-state index contributed by atoms with van der Waals surface area (Å²) >= 11 is 0. The largest absolute Gasteiger partial charge is 0.329 e. The summed E-state index contributed by atoms with van der Waals surface area (Å²) in [5.41, 5.74) is 6.15. The first kappa shape index (κ1) is 17.0. The molecule has 0 bridgehead atoms. The average molecular weight is 268 g/mol. The summed E-state index contributed by atoms with van der Waals surface area (Å²) in [4.78, 5) is 2.69. The molecule has 1 aliphatic rings. The van der Waals surface area contributed by atoms with E-state index in [1.165, 1.54) is 51.5 Å². The van der Waals surface area contributed by atoms with E-state index < -0.39 is 0 Å². The Labute approximate surface area is 121 Å². The molecular formula is C17H36N2. The van der Waals surface area contributed by atoms with Gasteiger partial charge in [0.05, 0.1) is 0 Å². The second-order valence-corrected chi connectivity index (χ2v) is 6.87. The molecule has 1 saturated carbocycles. The molecule has 1 aliphatic carbocycles. The molecule has 0 aliphatic heterocycles. The monoisotopic (exact) mass is 268 g/mol. The van der Waals surface area contributed by atoms with Crippen molar-refractivity contribution >= 4 is 0 Å². The third kappa shape index (κ3) is 5.43. The van der Waals surface area contributed by atoms with Crippen molar-refractivity contribution in [1.29, 1.82) is 0 Å². The van der Waals surface area contributed by atoms with Gasteiger partial charge in [0.1, 0.15) is 0 Å². The smallest absolute Gasteiger partial charge is 0.0249 e. The number of unbranched alkanes of at least 4 members (excludes halogenated alkanes) is 2. The van der Waals surface area contributed by atoms with E-state index in [1.54, 1.807) is 0 Å². The second-order valence-electron chi connectivity index (χ2n) is 6.87. The molecule has 0 aromatic rings.